The van der Waals surface area contributed by atoms with E-state index in [0.717, 1.165) is 0 Å². The van der Waals surface area contributed by atoms with Gasteiger partial charge in [0, 0.05) is 12.1 Å². The van der Waals surface area contributed by atoms with E-state index < -0.39 is 16.7 Å². The second-order valence-corrected chi connectivity index (χ2v) is 4.71. The first-order valence-corrected chi connectivity index (χ1v) is 6.40. The van der Waals surface area contributed by atoms with Crippen LogP contribution in [0.1, 0.15) is 26.3 Å². The van der Waals surface area contributed by atoms with Gasteiger partial charge in [0.1, 0.15) is 12.4 Å². The monoisotopic (exact) mass is 298 g/mol. The molecule has 1 N–H and O–H groups in total. The zero-order valence-corrected chi connectivity index (χ0v) is 11.2. The molecule has 0 saturated carbocycles. The highest BCUT2D eigenvalue weighted by molar-refractivity contribution is 6.21. The minimum Gasteiger partial charge on any atom is -0.489 e. The molecule has 0 spiro atoms. The lowest BCUT2D eigenvalue weighted by atomic mass is 10.1. The molecule has 0 bridgehead atoms. The molecule has 1 aliphatic rings. The molecule has 0 aliphatic carbocycles. The third-order valence-corrected chi connectivity index (χ3v) is 3.23. The Morgan fingerprint density at radius 1 is 1.05 bits per heavy atom. The van der Waals surface area contributed by atoms with Crippen LogP contribution >= 0.6 is 0 Å². The van der Waals surface area contributed by atoms with Crippen LogP contribution in [0.2, 0.25) is 0 Å². The molecule has 2 aromatic rings. The standard InChI is InChI=1S/C15H10N2O5/c18-14-12-5-4-11(7-13(12)15(19)16-14)22-8-9-2-1-3-10(6-9)17(20)21/h1-7H,8H2,(H,16,18,19). The average molecular weight is 298 g/mol. The normalized spacial score (nSPS) is 12.7. The van der Waals surface area contributed by atoms with Gasteiger partial charge < -0.3 is 4.74 Å². The van der Waals surface area contributed by atoms with Crippen LogP contribution in [-0.4, -0.2) is 16.7 Å². The summed E-state index contributed by atoms with van der Waals surface area (Å²) in [4.78, 5) is 33.2. The number of imide groups is 1. The van der Waals surface area contributed by atoms with Gasteiger partial charge in [-0.1, -0.05) is 12.1 Å². The van der Waals surface area contributed by atoms with Gasteiger partial charge in [-0.05, 0) is 23.8 Å². The second-order valence-electron chi connectivity index (χ2n) is 4.71. The molecule has 110 valence electrons. The van der Waals surface area contributed by atoms with E-state index in [4.69, 9.17) is 4.74 Å². The van der Waals surface area contributed by atoms with Crippen molar-refractivity contribution in [1.29, 1.82) is 0 Å². The first-order valence-electron chi connectivity index (χ1n) is 6.40. The van der Waals surface area contributed by atoms with E-state index in [1.165, 1.54) is 24.3 Å². The summed E-state index contributed by atoms with van der Waals surface area (Å²) in [5, 5.41) is 12.9. The van der Waals surface area contributed by atoms with Crippen molar-refractivity contribution in [3.63, 3.8) is 0 Å². The van der Waals surface area contributed by atoms with Gasteiger partial charge in [0.15, 0.2) is 0 Å². The van der Waals surface area contributed by atoms with Gasteiger partial charge >= 0.3 is 0 Å². The lowest BCUT2D eigenvalue weighted by Crippen LogP contribution is -2.19. The Bertz CT molecular complexity index is 800. The fraction of sp³-hybridized carbons (Fsp3) is 0.0667. The van der Waals surface area contributed by atoms with E-state index in [1.807, 2.05) is 0 Å². The van der Waals surface area contributed by atoms with E-state index in [9.17, 15) is 19.7 Å². The Hall–Kier alpha value is -3.22. The number of benzene rings is 2. The predicted molar refractivity (Wildman–Crippen MR) is 75.7 cm³/mol. The van der Waals surface area contributed by atoms with Gasteiger partial charge in [-0.25, -0.2) is 0 Å². The predicted octanol–water partition coefficient (Wildman–Crippen LogP) is 2.06. The van der Waals surface area contributed by atoms with Crippen molar-refractivity contribution < 1.29 is 19.2 Å². The summed E-state index contributed by atoms with van der Waals surface area (Å²) >= 11 is 0. The minimum atomic E-state index is -0.477. The number of hydrogen-bond acceptors (Lipinski definition) is 5. The van der Waals surface area contributed by atoms with Gasteiger partial charge in [-0.2, -0.15) is 0 Å². The SMILES string of the molecule is O=C1NC(=O)c2cc(OCc3cccc([N+](=O)[O-])c3)ccc21. The van der Waals surface area contributed by atoms with Crippen molar-refractivity contribution in [2.45, 2.75) is 6.61 Å². The zero-order valence-electron chi connectivity index (χ0n) is 11.2. The van der Waals surface area contributed by atoms with Crippen molar-refractivity contribution >= 4 is 17.5 Å². The van der Waals surface area contributed by atoms with E-state index in [-0.39, 0.29) is 17.9 Å². The smallest absolute Gasteiger partial charge is 0.269 e. The molecular weight excluding hydrogens is 288 g/mol. The van der Waals surface area contributed by atoms with E-state index in [2.05, 4.69) is 5.32 Å². The van der Waals surface area contributed by atoms with E-state index in [0.29, 0.717) is 16.9 Å². The number of nitro benzene ring substituents is 1. The molecule has 0 saturated heterocycles. The van der Waals surface area contributed by atoms with Crippen molar-refractivity contribution in [2.75, 3.05) is 0 Å². The Morgan fingerprint density at radius 3 is 2.59 bits per heavy atom. The number of nitrogens with one attached hydrogen (secondary N) is 1. The molecule has 22 heavy (non-hydrogen) atoms. The van der Waals surface area contributed by atoms with Gasteiger partial charge in [0.2, 0.25) is 0 Å². The summed E-state index contributed by atoms with van der Waals surface area (Å²) in [7, 11) is 0. The molecule has 7 nitrogen and oxygen atoms in total. The van der Waals surface area contributed by atoms with Crippen molar-refractivity contribution in [3.8, 4) is 5.75 Å². The number of ether oxygens (including phenoxy) is 1. The molecule has 7 heteroatoms. The molecule has 0 radical (unpaired) electrons. The van der Waals surface area contributed by atoms with Gasteiger partial charge in [0.25, 0.3) is 17.5 Å². The van der Waals surface area contributed by atoms with E-state index in [1.54, 1.807) is 18.2 Å². The molecule has 0 aromatic heterocycles. The largest absolute Gasteiger partial charge is 0.489 e. The summed E-state index contributed by atoms with van der Waals surface area (Å²) in [6, 6.07) is 10.7. The Kier molecular flexibility index (Phi) is 3.30. The van der Waals surface area contributed by atoms with Crippen molar-refractivity contribution in [3.05, 3.63) is 69.3 Å². The summed E-state index contributed by atoms with van der Waals surface area (Å²) in [6.07, 6.45) is 0. The van der Waals surface area contributed by atoms with Crippen LogP contribution in [0.25, 0.3) is 0 Å². The summed E-state index contributed by atoms with van der Waals surface area (Å²) in [5.41, 5.74) is 1.20. The number of rotatable bonds is 4. The maximum atomic E-state index is 11.6. The lowest BCUT2D eigenvalue weighted by Gasteiger charge is -2.07. The average Bonchev–Trinajstić information content (AvgIpc) is 2.80. The van der Waals surface area contributed by atoms with Gasteiger partial charge in [-0.3, -0.25) is 25.0 Å². The van der Waals surface area contributed by atoms with E-state index >= 15 is 0 Å². The molecule has 3 rings (SSSR count). The molecular formula is C15H10N2O5. The highest BCUT2D eigenvalue weighted by atomic mass is 16.6. The molecule has 0 atom stereocenters. The van der Waals surface area contributed by atoms with Crippen LogP contribution in [0.15, 0.2) is 42.5 Å². The van der Waals surface area contributed by atoms with Gasteiger partial charge in [0.05, 0.1) is 16.1 Å². The van der Waals surface area contributed by atoms with Gasteiger partial charge in [-0.15, -0.1) is 0 Å². The van der Waals surface area contributed by atoms with Crippen LogP contribution < -0.4 is 10.1 Å². The Morgan fingerprint density at radius 2 is 1.82 bits per heavy atom. The molecule has 2 aromatic carbocycles. The fourth-order valence-electron chi connectivity index (χ4n) is 2.16. The second kappa shape index (κ2) is 5.28. The van der Waals surface area contributed by atoms with Crippen LogP contribution in [0, 0.1) is 10.1 Å². The number of carbonyl (C=O) groups is 2. The quantitative estimate of drug-likeness (QED) is 0.529. The summed E-state index contributed by atoms with van der Waals surface area (Å²) in [6.45, 7) is 0.121. The third-order valence-electron chi connectivity index (χ3n) is 3.23. The maximum absolute atomic E-state index is 11.6. The summed E-state index contributed by atoms with van der Waals surface area (Å²) < 4.78 is 5.52. The van der Waals surface area contributed by atoms with Crippen LogP contribution in [0.5, 0.6) is 5.75 Å². The topological polar surface area (TPSA) is 98.5 Å². The summed E-state index contributed by atoms with van der Waals surface area (Å²) in [5.74, 6) is -0.471. The fourth-order valence-corrected chi connectivity index (χ4v) is 2.16. The maximum Gasteiger partial charge on any atom is 0.269 e. The third kappa shape index (κ3) is 2.51. The highest BCUT2D eigenvalue weighted by Gasteiger charge is 2.26. The zero-order chi connectivity index (χ0) is 15.7. The number of nitrogens with zero attached hydrogens (tertiary/aromatic N) is 1. The first-order chi connectivity index (χ1) is 10.5. The molecule has 1 aliphatic heterocycles. The minimum absolute atomic E-state index is 0.0139. The van der Waals surface area contributed by atoms with Crippen LogP contribution in [0.3, 0.4) is 0 Å². The van der Waals surface area contributed by atoms with Crippen LogP contribution in [0.4, 0.5) is 5.69 Å². The van der Waals surface area contributed by atoms with Crippen molar-refractivity contribution in [2.24, 2.45) is 0 Å². The Labute approximate surface area is 124 Å². The Balaban J connectivity index is 1.76. The molecule has 1 heterocycles. The van der Waals surface area contributed by atoms with Crippen LogP contribution in [-0.2, 0) is 6.61 Å². The number of carbonyl (C=O) groups excluding carboxylic acids is 2. The molecule has 2 amide bonds. The van der Waals surface area contributed by atoms with Crippen molar-refractivity contribution in [1.82, 2.24) is 5.32 Å². The number of amides is 2. The molecule has 0 unspecified atom stereocenters. The first kappa shape index (κ1) is 13.7. The number of fused-ring (bicyclic) bond motifs is 1. The number of nitro groups is 1. The highest BCUT2D eigenvalue weighted by Crippen LogP contribution is 2.23. The molecule has 0 fully saturated rings. The number of hydrogen-bond donors (Lipinski definition) is 1. The lowest BCUT2D eigenvalue weighted by molar-refractivity contribution is -0.384. The number of non-ortho nitro benzene ring substituents is 1.